The van der Waals surface area contributed by atoms with Gasteiger partial charge in [0.15, 0.2) is 5.54 Å². The molecule has 1 aromatic rings. The first-order valence-electron chi connectivity index (χ1n) is 6.94. The van der Waals surface area contributed by atoms with E-state index in [9.17, 15) is 14.3 Å². The summed E-state index contributed by atoms with van der Waals surface area (Å²) in [5.41, 5.74) is -0.771. The number of carbonyl (C=O) groups is 1. The quantitative estimate of drug-likeness (QED) is 0.629. The fourth-order valence-electron chi connectivity index (χ4n) is 2.61. The number of benzene rings is 1. The van der Waals surface area contributed by atoms with Crippen LogP contribution in [-0.2, 0) is 24.3 Å². The average molecular weight is 348 g/mol. The van der Waals surface area contributed by atoms with Gasteiger partial charge >= 0.3 is 12.9 Å². The molecule has 0 amide bonds. The van der Waals surface area contributed by atoms with Gasteiger partial charge in [0.25, 0.3) is 0 Å². The summed E-state index contributed by atoms with van der Waals surface area (Å²) in [6.07, 6.45) is 2.79. The molecule has 0 saturated heterocycles. The van der Waals surface area contributed by atoms with E-state index < -0.39 is 18.5 Å². The molecule has 0 spiro atoms. The zero-order chi connectivity index (χ0) is 16.4. The highest BCUT2D eigenvalue weighted by Gasteiger charge is 2.49. The maximum absolute atomic E-state index is 12.6. The molecule has 0 aromatic heterocycles. The van der Waals surface area contributed by atoms with Gasteiger partial charge in [0.05, 0.1) is 7.11 Å². The second-order valence-electron chi connectivity index (χ2n) is 5.36. The van der Waals surface area contributed by atoms with Crippen LogP contribution in [0.2, 0.25) is 0 Å². The molecule has 1 unspecified atom stereocenters. The maximum Gasteiger partial charge on any atom is 0.476 e. The topological polar surface area (TPSA) is 76.1 Å². The second kappa shape index (κ2) is 6.69. The van der Waals surface area contributed by atoms with E-state index in [1.807, 2.05) is 6.07 Å². The van der Waals surface area contributed by atoms with E-state index in [1.54, 1.807) is 31.2 Å². The van der Waals surface area contributed by atoms with Gasteiger partial charge in [-0.1, -0.05) is 36.8 Å². The van der Waals surface area contributed by atoms with Crippen LogP contribution in [0, 0.1) is 0 Å². The molecule has 1 N–H and O–H groups in total. The summed E-state index contributed by atoms with van der Waals surface area (Å²) in [5, 5.41) is 1.53. The smallest absolute Gasteiger partial charge is 0.379 e. The van der Waals surface area contributed by atoms with Crippen LogP contribution in [0.1, 0.15) is 31.7 Å². The minimum atomic E-state index is -4.47. The average Bonchev–Trinajstić information content (AvgIpc) is 2.40. The zero-order valence-corrected chi connectivity index (χ0v) is 14.1. The number of hydroxylamine groups is 2. The van der Waals surface area contributed by atoms with E-state index in [0.717, 1.165) is 19.3 Å². The van der Waals surface area contributed by atoms with Gasteiger partial charge < -0.3 is 14.3 Å². The summed E-state index contributed by atoms with van der Waals surface area (Å²) >= 11 is 5.21. The fraction of sp³-hybridized carbons (Fsp3) is 0.500. The molecular formula is C14H19ClNO5P. The molecule has 0 heterocycles. The Morgan fingerprint density at radius 3 is 2.41 bits per heavy atom. The number of carbonyl (C=O) groups excluding carboxylic acids is 1. The number of nitrogens with zero attached hydrogens (tertiary/aromatic N) is 1. The van der Waals surface area contributed by atoms with E-state index in [4.69, 9.17) is 16.1 Å². The monoisotopic (exact) mass is 347 g/mol. The minimum Gasteiger partial charge on any atom is -0.379 e. The third kappa shape index (κ3) is 3.53. The summed E-state index contributed by atoms with van der Waals surface area (Å²) in [5.74, 6) is -0.923. The molecule has 1 aliphatic carbocycles. The van der Waals surface area contributed by atoms with Gasteiger partial charge in [-0.25, -0.2) is 9.36 Å². The van der Waals surface area contributed by atoms with Crippen molar-refractivity contribution in [3.63, 3.8) is 0 Å². The molecule has 2 atom stereocenters. The van der Waals surface area contributed by atoms with Crippen molar-refractivity contribution in [2.75, 3.05) is 7.11 Å². The minimum absolute atomic E-state index is 0.0381. The van der Waals surface area contributed by atoms with Crippen LogP contribution in [0.4, 0.5) is 0 Å². The summed E-state index contributed by atoms with van der Waals surface area (Å²) in [7, 11) is 1.46. The third-order valence-electron chi connectivity index (χ3n) is 3.97. The lowest BCUT2D eigenvalue weighted by Crippen LogP contribution is -2.56. The number of halogens is 1. The molecule has 1 fully saturated rings. The van der Waals surface area contributed by atoms with Gasteiger partial charge in [-0.3, -0.25) is 0 Å². The molecule has 122 valence electrons. The largest absolute Gasteiger partial charge is 0.476 e. The molecule has 0 aliphatic heterocycles. The second-order valence-corrected chi connectivity index (χ2v) is 7.73. The molecule has 2 rings (SSSR count). The van der Waals surface area contributed by atoms with E-state index in [2.05, 4.69) is 4.52 Å². The van der Waals surface area contributed by atoms with E-state index in [1.165, 1.54) is 12.2 Å². The van der Waals surface area contributed by atoms with Crippen molar-refractivity contribution < 1.29 is 23.6 Å². The van der Waals surface area contributed by atoms with E-state index in [0.29, 0.717) is 5.56 Å². The number of rotatable bonds is 6. The molecule has 1 aromatic carbocycles. The number of hydrogen-bond acceptors (Lipinski definition) is 5. The van der Waals surface area contributed by atoms with Crippen LogP contribution in [0.25, 0.3) is 0 Å². The van der Waals surface area contributed by atoms with Crippen molar-refractivity contribution in [2.45, 2.75) is 37.8 Å². The molecule has 6 nitrogen and oxygen atoms in total. The van der Waals surface area contributed by atoms with Gasteiger partial charge in [0.1, 0.15) is 0 Å². The van der Waals surface area contributed by atoms with Gasteiger partial charge in [0, 0.05) is 17.3 Å². The SMILES string of the molecule is CON(C1CCC1)[C@@](C)(C(=O)OP(=O)(O)Cl)c1ccccc1. The van der Waals surface area contributed by atoms with Gasteiger partial charge in [-0.05, 0) is 25.3 Å². The Kier molecular flexibility index (Phi) is 5.30. The lowest BCUT2D eigenvalue weighted by molar-refractivity contribution is -0.244. The summed E-state index contributed by atoms with van der Waals surface area (Å²) in [6.45, 7) is -2.87. The summed E-state index contributed by atoms with van der Waals surface area (Å²) in [6, 6.07) is 8.87. The molecule has 0 radical (unpaired) electrons. The Balaban J connectivity index is 2.43. The van der Waals surface area contributed by atoms with Crippen LogP contribution in [0.5, 0.6) is 0 Å². The zero-order valence-electron chi connectivity index (χ0n) is 12.4. The lowest BCUT2D eigenvalue weighted by atomic mass is 9.85. The van der Waals surface area contributed by atoms with E-state index >= 15 is 0 Å². The molecule has 1 saturated carbocycles. The Bertz CT molecular complexity index is 574. The Labute approximate surface area is 134 Å². The lowest BCUT2D eigenvalue weighted by Gasteiger charge is -2.45. The Morgan fingerprint density at radius 1 is 1.41 bits per heavy atom. The first-order valence-corrected chi connectivity index (χ1v) is 9.42. The van der Waals surface area contributed by atoms with Crippen LogP contribution < -0.4 is 0 Å². The van der Waals surface area contributed by atoms with Crippen molar-refractivity contribution in [3.05, 3.63) is 35.9 Å². The normalized spacial score (nSPS) is 20.8. The molecule has 22 heavy (non-hydrogen) atoms. The van der Waals surface area contributed by atoms with Crippen molar-refractivity contribution in [1.29, 1.82) is 0 Å². The predicted molar refractivity (Wildman–Crippen MR) is 82.1 cm³/mol. The Hall–Kier alpha value is -0.910. The van der Waals surface area contributed by atoms with Gasteiger partial charge in [-0.15, -0.1) is 0 Å². The molecule has 8 heteroatoms. The van der Waals surface area contributed by atoms with Crippen LogP contribution in [-0.4, -0.2) is 29.1 Å². The van der Waals surface area contributed by atoms with E-state index in [-0.39, 0.29) is 6.04 Å². The number of hydrogen-bond donors (Lipinski definition) is 1. The highest BCUT2D eigenvalue weighted by atomic mass is 35.7. The fourth-order valence-corrected chi connectivity index (χ4v) is 3.18. The summed E-state index contributed by atoms with van der Waals surface area (Å²) in [4.78, 5) is 27.2. The van der Waals surface area contributed by atoms with Gasteiger partial charge in [-0.2, -0.15) is 5.06 Å². The van der Waals surface area contributed by atoms with Crippen molar-refractivity contribution in [3.8, 4) is 0 Å². The Morgan fingerprint density at radius 2 is 2.00 bits per heavy atom. The standard InChI is InChI=1S/C14H19ClNO5P/c1-14(11-7-4-3-5-8-11,13(17)21-22(15,18)19)16(20-2)12-9-6-10-12/h3-5,7-8,12H,6,9-10H2,1-2H3,(H,18,19)/t14-/m1/s1. The van der Waals surface area contributed by atoms with Crippen molar-refractivity contribution >= 4 is 24.2 Å². The van der Waals surface area contributed by atoms with Crippen molar-refractivity contribution in [2.24, 2.45) is 0 Å². The van der Waals surface area contributed by atoms with Crippen LogP contribution in [0.3, 0.4) is 0 Å². The molecular weight excluding hydrogens is 329 g/mol. The highest BCUT2D eigenvalue weighted by Crippen LogP contribution is 2.50. The molecule has 0 bridgehead atoms. The first kappa shape index (κ1) is 17.4. The maximum atomic E-state index is 12.6. The first-order chi connectivity index (χ1) is 10.3. The third-order valence-corrected chi connectivity index (χ3v) is 4.57. The summed E-state index contributed by atoms with van der Waals surface area (Å²) < 4.78 is 15.9. The van der Waals surface area contributed by atoms with Crippen LogP contribution in [0.15, 0.2) is 30.3 Å². The highest BCUT2D eigenvalue weighted by molar-refractivity contribution is 7.80. The predicted octanol–water partition coefficient (Wildman–Crippen LogP) is 3.20. The molecule has 1 aliphatic rings. The van der Waals surface area contributed by atoms with Crippen molar-refractivity contribution in [1.82, 2.24) is 5.06 Å². The van der Waals surface area contributed by atoms with Gasteiger partial charge in [0.2, 0.25) is 0 Å². The van der Waals surface area contributed by atoms with Crippen LogP contribution >= 0.6 is 18.2 Å².